The van der Waals surface area contributed by atoms with Gasteiger partial charge in [0.25, 0.3) is 5.91 Å². The number of rotatable bonds is 4. The Kier molecular flexibility index (Phi) is 5.92. The Labute approximate surface area is 184 Å². The molecular formula is C21H20ClN3O3S2. The molecule has 1 aromatic heterocycles. The van der Waals surface area contributed by atoms with Gasteiger partial charge in [-0.1, -0.05) is 41.4 Å². The normalized spacial score (nSPS) is 15.3. The summed E-state index contributed by atoms with van der Waals surface area (Å²) in [6.07, 6.45) is 0. The highest BCUT2D eigenvalue weighted by atomic mass is 35.5. The van der Waals surface area contributed by atoms with E-state index >= 15 is 0 Å². The van der Waals surface area contributed by atoms with Crippen LogP contribution in [0.4, 0.5) is 0 Å². The van der Waals surface area contributed by atoms with Crippen molar-refractivity contribution in [3.05, 3.63) is 70.2 Å². The molecule has 0 aliphatic carbocycles. The van der Waals surface area contributed by atoms with Crippen molar-refractivity contribution in [1.29, 1.82) is 0 Å². The topological polar surface area (TPSA) is 70.6 Å². The Hall–Kier alpha value is -2.26. The minimum Gasteiger partial charge on any atom is -0.335 e. The van der Waals surface area contributed by atoms with Crippen molar-refractivity contribution >= 4 is 38.9 Å². The largest absolute Gasteiger partial charge is 0.335 e. The van der Waals surface area contributed by atoms with Crippen LogP contribution in [0.5, 0.6) is 0 Å². The quantitative estimate of drug-likeness (QED) is 0.590. The van der Waals surface area contributed by atoms with E-state index in [1.165, 1.54) is 15.6 Å². The van der Waals surface area contributed by atoms with Gasteiger partial charge in [0.15, 0.2) is 0 Å². The molecule has 1 fully saturated rings. The molecule has 0 bridgehead atoms. The van der Waals surface area contributed by atoms with Gasteiger partial charge >= 0.3 is 0 Å². The van der Waals surface area contributed by atoms with E-state index in [1.807, 2.05) is 25.1 Å². The highest BCUT2D eigenvalue weighted by Crippen LogP contribution is 2.27. The zero-order valence-corrected chi connectivity index (χ0v) is 18.7. The van der Waals surface area contributed by atoms with E-state index < -0.39 is 10.0 Å². The Morgan fingerprint density at radius 1 is 1.07 bits per heavy atom. The number of hydrogen-bond acceptors (Lipinski definition) is 5. The fourth-order valence-electron chi connectivity index (χ4n) is 3.28. The van der Waals surface area contributed by atoms with Crippen molar-refractivity contribution in [1.82, 2.24) is 14.2 Å². The molecule has 1 aliphatic rings. The van der Waals surface area contributed by atoms with Gasteiger partial charge < -0.3 is 4.90 Å². The van der Waals surface area contributed by atoms with E-state index in [-0.39, 0.29) is 23.9 Å². The molecule has 0 saturated carbocycles. The van der Waals surface area contributed by atoms with Gasteiger partial charge in [0.1, 0.15) is 10.7 Å². The number of sulfonamides is 1. The zero-order valence-electron chi connectivity index (χ0n) is 16.3. The molecule has 0 radical (unpaired) electrons. The molecule has 6 nitrogen and oxygen atoms in total. The Balaban J connectivity index is 1.43. The van der Waals surface area contributed by atoms with Crippen LogP contribution in [0.3, 0.4) is 0 Å². The predicted molar refractivity (Wildman–Crippen MR) is 118 cm³/mol. The monoisotopic (exact) mass is 461 g/mol. The van der Waals surface area contributed by atoms with Gasteiger partial charge in [0.2, 0.25) is 10.0 Å². The Bertz CT molecular complexity index is 1170. The lowest BCUT2D eigenvalue weighted by molar-refractivity contribution is 0.0693. The Morgan fingerprint density at radius 3 is 2.43 bits per heavy atom. The van der Waals surface area contributed by atoms with Gasteiger partial charge in [-0.25, -0.2) is 13.4 Å². The molecule has 0 atom stereocenters. The lowest BCUT2D eigenvalue weighted by Crippen LogP contribution is -2.50. The van der Waals surface area contributed by atoms with Crippen molar-refractivity contribution < 1.29 is 13.2 Å². The van der Waals surface area contributed by atoms with Crippen molar-refractivity contribution in [3.8, 4) is 10.6 Å². The number of amides is 1. The second-order valence-electron chi connectivity index (χ2n) is 7.06. The van der Waals surface area contributed by atoms with Crippen LogP contribution in [0.15, 0.2) is 58.8 Å². The number of benzene rings is 2. The second-order valence-corrected chi connectivity index (χ2v) is 10.3. The smallest absolute Gasteiger partial charge is 0.273 e. The van der Waals surface area contributed by atoms with Gasteiger partial charge in [-0.2, -0.15) is 4.31 Å². The van der Waals surface area contributed by atoms with Crippen molar-refractivity contribution in [2.75, 3.05) is 26.2 Å². The summed E-state index contributed by atoms with van der Waals surface area (Å²) >= 11 is 7.42. The lowest BCUT2D eigenvalue weighted by Gasteiger charge is -2.33. The molecule has 0 N–H and O–H groups in total. The number of hydrogen-bond donors (Lipinski definition) is 0. The fraction of sp³-hybridized carbons (Fsp3) is 0.238. The maximum atomic E-state index is 12.9. The van der Waals surface area contributed by atoms with Gasteiger partial charge in [0, 0.05) is 42.1 Å². The van der Waals surface area contributed by atoms with E-state index in [4.69, 9.17) is 11.6 Å². The van der Waals surface area contributed by atoms with E-state index in [2.05, 4.69) is 4.98 Å². The van der Waals surface area contributed by atoms with E-state index in [0.717, 1.165) is 16.1 Å². The highest BCUT2D eigenvalue weighted by Gasteiger charge is 2.31. The predicted octanol–water partition coefficient (Wildman–Crippen LogP) is 3.92. The summed E-state index contributed by atoms with van der Waals surface area (Å²) in [6, 6.07) is 14.1. The first-order valence-corrected chi connectivity index (χ1v) is 12.1. The minimum absolute atomic E-state index is 0.188. The zero-order chi connectivity index (χ0) is 21.3. The molecule has 156 valence electrons. The van der Waals surface area contributed by atoms with E-state index in [9.17, 15) is 13.2 Å². The number of aromatic nitrogens is 1. The molecule has 30 heavy (non-hydrogen) atoms. The third-order valence-electron chi connectivity index (χ3n) is 4.98. The van der Waals surface area contributed by atoms with Gasteiger partial charge in [-0.3, -0.25) is 4.79 Å². The first-order chi connectivity index (χ1) is 14.3. The van der Waals surface area contributed by atoms with E-state index in [0.29, 0.717) is 23.8 Å². The van der Waals surface area contributed by atoms with Crippen LogP contribution < -0.4 is 0 Å². The summed E-state index contributed by atoms with van der Waals surface area (Å²) in [6.45, 7) is 3.08. The number of aryl methyl sites for hydroxylation is 1. The van der Waals surface area contributed by atoms with Crippen LogP contribution in [0.1, 0.15) is 16.1 Å². The van der Waals surface area contributed by atoms with Crippen LogP contribution in [0.25, 0.3) is 10.6 Å². The molecule has 0 spiro atoms. The number of thiazole rings is 1. The molecule has 4 rings (SSSR count). The van der Waals surface area contributed by atoms with Crippen molar-refractivity contribution in [2.45, 2.75) is 11.8 Å². The fourth-order valence-corrected chi connectivity index (χ4v) is 5.68. The van der Waals surface area contributed by atoms with Crippen molar-refractivity contribution in [3.63, 3.8) is 0 Å². The van der Waals surface area contributed by atoms with Crippen molar-refractivity contribution in [2.24, 2.45) is 0 Å². The average Bonchev–Trinajstić information content (AvgIpc) is 3.24. The molecule has 0 unspecified atom stereocenters. The first kappa shape index (κ1) is 21.0. The number of halogens is 1. The molecule has 1 amide bonds. The lowest BCUT2D eigenvalue weighted by atomic mass is 10.2. The standard InChI is InChI=1S/C21H20ClN3O3S2/c1-15-5-7-18(8-6-15)30(27,28)25-11-9-24(10-12-25)21(26)19-14-29-20(23-19)16-3-2-4-17(22)13-16/h2-8,13-14H,9-12H2,1H3. The number of carbonyl (C=O) groups is 1. The number of piperazine rings is 1. The third-order valence-corrected chi connectivity index (χ3v) is 8.02. The van der Waals surface area contributed by atoms with Crippen LogP contribution in [0, 0.1) is 6.92 Å². The molecule has 3 aromatic rings. The SMILES string of the molecule is Cc1ccc(S(=O)(=O)N2CCN(C(=O)c3csc(-c4cccc(Cl)c4)n3)CC2)cc1. The minimum atomic E-state index is -3.56. The van der Waals surface area contributed by atoms with Crippen LogP contribution >= 0.6 is 22.9 Å². The molecule has 2 aromatic carbocycles. The summed E-state index contributed by atoms with van der Waals surface area (Å²) < 4.78 is 27.1. The summed E-state index contributed by atoms with van der Waals surface area (Å²) in [4.78, 5) is 19.2. The second kappa shape index (κ2) is 8.47. The summed E-state index contributed by atoms with van der Waals surface area (Å²) in [5, 5.41) is 3.07. The molecule has 9 heteroatoms. The van der Waals surface area contributed by atoms with E-state index in [1.54, 1.807) is 40.6 Å². The number of nitrogens with zero attached hydrogens (tertiary/aromatic N) is 3. The summed E-state index contributed by atoms with van der Waals surface area (Å²) in [5.74, 6) is -0.188. The van der Waals surface area contributed by atoms with Gasteiger partial charge in [0.05, 0.1) is 4.90 Å². The van der Waals surface area contributed by atoms with Gasteiger partial charge in [-0.05, 0) is 31.2 Å². The van der Waals surface area contributed by atoms with Gasteiger partial charge in [-0.15, -0.1) is 11.3 Å². The Morgan fingerprint density at radius 2 is 1.77 bits per heavy atom. The van der Waals surface area contributed by atoms with Crippen LogP contribution in [-0.2, 0) is 10.0 Å². The van der Waals surface area contributed by atoms with Crippen LogP contribution in [0.2, 0.25) is 5.02 Å². The summed E-state index contributed by atoms with van der Waals surface area (Å²) in [7, 11) is -3.56. The molecule has 1 saturated heterocycles. The maximum absolute atomic E-state index is 12.9. The first-order valence-electron chi connectivity index (χ1n) is 9.42. The maximum Gasteiger partial charge on any atom is 0.273 e. The van der Waals surface area contributed by atoms with Crippen LogP contribution in [-0.4, -0.2) is 54.7 Å². The molecule has 1 aliphatic heterocycles. The highest BCUT2D eigenvalue weighted by molar-refractivity contribution is 7.89. The average molecular weight is 462 g/mol. The molecular weight excluding hydrogens is 442 g/mol. The molecule has 2 heterocycles. The number of carbonyl (C=O) groups excluding carboxylic acids is 1. The third kappa shape index (κ3) is 4.27. The summed E-state index contributed by atoms with van der Waals surface area (Å²) in [5.41, 5.74) is 2.23.